The summed E-state index contributed by atoms with van der Waals surface area (Å²) in [7, 11) is 1.55. The average molecular weight is 371 g/mol. The molecule has 0 bridgehead atoms. The number of carbonyl (C=O) groups is 2. The summed E-state index contributed by atoms with van der Waals surface area (Å²) in [6, 6.07) is 7.57. The molecule has 27 heavy (non-hydrogen) atoms. The van der Waals surface area contributed by atoms with E-state index >= 15 is 0 Å². The third-order valence-corrected chi connectivity index (χ3v) is 4.98. The minimum Gasteiger partial charge on any atom is -0.380 e. The van der Waals surface area contributed by atoms with Crippen molar-refractivity contribution in [1.29, 1.82) is 0 Å². The van der Waals surface area contributed by atoms with Gasteiger partial charge in [0.1, 0.15) is 11.8 Å². The second-order valence-corrected chi connectivity index (χ2v) is 6.92. The molecule has 1 aliphatic rings. The third kappa shape index (κ3) is 3.88. The lowest BCUT2D eigenvalue weighted by Crippen LogP contribution is -2.57. The predicted molar refractivity (Wildman–Crippen MR) is 99.0 cm³/mol. The molecule has 1 saturated heterocycles. The SMILES string of the molecule is COCc1c(C(=O)N2CCN(Cc3ccc(C)cc3)C(=O)[C@H]2C)noc1C. The Morgan fingerprint density at radius 2 is 1.96 bits per heavy atom. The number of rotatable bonds is 5. The summed E-state index contributed by atoms with van der Waals surface area (Å²) in [5, 5.41) is 3.89. The zero-order valence-corrected chi connectivity index (χ0v) is 16.2. The molecule has 3 rings (SSSR count). The van der Waals surface area contributed by atoms with Crippen LogP contribution >= 0.6 is 0 Å². The van der Waals surface area contributed by atoms with Crippen LogP contribution in [0.25, 0.3) is 0 Å². The monoisotopic (exact) mass is 371 g/mol. The number of aryl methyl sites for hydroxylation is 2. The van der Waals surface area contributed by atoms with Crippen molar-refractivity contribution in [2.75, 3.05) is 20.2 Å². The lowest BCUT2D eigenvalue weighted by Gasteiger charge is -2.39. The van der Waals surface area contributed by atoms with Crippen LogP contribution in [-0.2, 0) is 22.7 Å². The lowest BCUT2D eigenvalue weighted by atomic mass is 10.1. The van der Waals surface area contributed by atoms with E-state index in [0.717, 1.165) is 5.56 Å². The van der Waals surface area contributed by atoms with E-state index < -0.39 is 6.04 Å². The van der Waals surface area contributed by atoms with E-state index in [2.05, 4.69) is 5.16 Å². The zero-order valence-electron chi connectivity index (χ0n) is 16.2. The fraction of sp³-hybridized carbons (Fsp3) is 0.450. The van der Waals surface area contributed by atoms with Gasteiger partial charge in [-0.1, -0.05) is 35.0 Å². The van der Waals surface area contributed by atoms with Gasteiger partial charge in [0.25, 0.3) is 5.91 Å². The smallest absolute Gasteiger partial charge is 0.277 e. The first kappa shape index (κ1) is 19.1. The molecule has 2 heterocycles. The highest BCUT2D eigenvalue weighted by Crippen LogP contribution is 2.21. The topological polar surface area (TPSA) is 75.9 Å². The van der Waals surface area contributed by atoms with Crippen molar-refractivity contribution >= 4 is 11.8 Å². The minimum atomic E-state index is -0.552. The van der Waals surface area contributed by atoms with Crippen LogP contribution in [0.5, 0.6) is 0 Å². The molecule has 7 nitrogen and oxygen atoms in total. The van der Waals surface area contributed by atoms with Crippen LogP contribution in [-0.4, -0.2) is 53.0 Å². The van der Waals surface area contributed by atoms with Gasteiger partial charge in [-0.2, -0.15) is 0 Å². The Kier molecular flexibility index (Phi) is 5.60. The van der Waals surface area contributed by atoms with Gasteiger partial charge < -0.3 is 19.1 Å². The Morgan fingerprint density at radius 3 is 2.63 bits per heavy atom. The molecule has 0 radical (unpaired) electrons. The highest BCUT2D eigenvalue weighted by Gasteiger charge is 2.36. The van der Waals surface area contributed by atoms with Gasteiger partial charge >= 0.3 is 0 Å². The minimum absolute atomic E-state index is 0.0660. The molecule has 1 atom stereocenters. The summed E-state index contributed by atoms with van der Waals surface area (Å²) >= 11 is 0. The van der Waals surface area contributed by atoms with Gasteiger partial charge in [0.2, 0.25) is 5.91 Å². The van der Waals surface area contributed by atoms with E-state index in [1.54, 1.807) is 30.8 Å². The first-order valence-electron chi connectivity index (χ1n) is 9.01. The van der Waals surface area contributed by atoms with E-state index in [-0.39, 0.29) is 24.1 Å². The predicted octanol–water partition coefficient (Wildman–Crippen LogP) is 2.31. The molecule has 0 saturated carbocycles. The maximum absolute atomic E-state index is 12.9. The van der Waals surface area contributed by atoms with Crippen LogP contribution in [0, 0.1) is 13.8 Å². The fourth-order valence-corrected chi connectivity index (χ4v) is 3.29. The Labute approximate surface area is 158 Å². The molecule has 2 amide bonds. The normalized spacial score (nSPS) is 17.5. The van der Waals surface area contributed by atoms with Gasteiger partial charge in [0.15, 0.2) is 5.69 Å². The van der Waals surface area contributed by atoms with Crippen LogP contribution in [0.3, 0.4) is 0 Å². The molecule has 1 aromatic carbocycles. The first-order chi connectivity index (χ1) is 12.9. The largest absolute Gasteiger partial charge is 0.380 e. The molecule has 7 heteroatoms. The fourth-order valence-electron chi connectivity index (χ4n) is 3.29. The highest BCUT2D eigenvalue weighted by molar-refractivity contribution is 5.97. The van der Waals surface area contributed by atoms with E-state index in [4.69, 9.17) is 9.26 Å². The number of nitrogens with zero attached hydrogens (tertiary/aromatic N) is 3. The summed E-state index contributed by atoms with van der Waals surface area (Å²) in [5.74, 6) is 0.190. The Hall–Kier alpha value is -2.67. The Bertz CT molecular complexity index is 828. The quantitative estimate of drug-likeness (QED) is 0.806. The van der Waals surface area contributed by atoms with Crippen molar-refractivity contribution in [3.63, 3.8) is 0 Å². The first-order valence-corrected chi connectivity index (χ1v) is 9.01. The number of amides is 2. The Balaban J connectivity index is 1.72. The Morgan fingerprint density at radius 1 is 1.26 bits per heavy atom. The van der Waals surface area contributed by atoms with Crippen LogP contribution < -0.4 is 0 Å². The average Bonchev–Trinajstić information content (AvgIpc) is 3.01. The van der Waals surface area contributed by atoms with E-state index in [9.17, 15) is 9.59 Å². The van der Waals surface area contributed by atoms with Gasteiger partial charge in [0, 0.05) is 26.7 Å². The molecule has 0 unspecified atom stereocenters. The number of benzene rings is 1. The van der Waals surface area contributed by atoms with Gasteiger partial charge in [-0.15, -0.1) is 0 Å². The van der Waals surface area contributed by atoms with E-state index in [1.165, 1.54) is 5.56 Å². The maximum Gasteiger partial charge on any atom is 0.277 e. The van der Waals surface area contributed by atoms with Crippen LogP contribution in [0.2, 0.25) is 0 Å². The molecule has 2 aromatic rings. The van der Waals surface area contributed by atoms with Gasteiger partial charge in [-0.3, -0.25) is 9.59 Å². The van der Waals surface area contributed by atoms with Gasteiger partial charge in [-0.05, 0) is 26.3 Å². The molecular weight excluding hydrogens is 346 g/mol. The number of hydrogen-bond acceptors (Lipinski definition) is 5. The van der Waals surface area contributed by atoms with Gasteiger partial charge in [-0.25, -0.2) is 0 Å². The second-order valence-electron chi connectivity index (χ2n) is 6.92. The number of carbonyl (C=O) groups excluding carboxylic acids is 2. The molecule has 0 N–H and O–H groups in total. The standard InChI is InChI=1S/C20H25N3O4/c1-13-5-7-16(8-6-13)11-22-9-10-23(14(2)19(22)24)20(25)18-17(12-26-4)15(3)27-21-18/h5-8,14H,9-12H2,1-4H3/t14-/m1/s1. The summed E-state index contributed by atoms with van der Waals surface area (Å²) in [6.45, 7) is 7.26. The van der Waals surface area contributed by atoms with Crippen molar-refractivity contribution in [2.24, 2.45) is 0 Å². The van der Waals surface area contributed by atoms with Crippen molar-refractivity contribution < 1.29 is 18.8 Å². The van der Waals surface area contributed by atoms with Crippen LogP contribution in [0.4, 0.5) is 0 Å². The zero-order chi connectivity index (χ0) is 19.6. The summed E-state index contributed by atoms with van der Waals surface area (Å²) < 4.78 is 10.3. The third-order valence-electron chi connectivity index (χ3n) is 4.98. The summed E-state index contributed by atoms with van der Waals surface area (Å²) in [4.78, 5) is 29.1. The number of hydrogen-bond donors (Lipinski definition) is 0. The van der Waals surface area contributed by atoms with Crippen molar-refractivity contribution in [3.8, 4) is 0 Å². The second kappa shape index (κ2) is 7.92. The molecule has 144 valence electrons. The van der Waals surface area contributed by atoms with E-state index in [1.807, 2.05) is 31.2 Å². The molecule has 0 spiro atoms. The number of aromatic nitrogens is 1. The highest BCUT2D eigenvalue weighted by atomic mass is 16.5. The summed E-state index contributed by atoms with van der Waals surface area (Å²) in [5.41, 5.74) is 3.12. The summed E-state index contributed by atoms with van der Waals surface area (Å²) in [6.07, 6.45) is 0. The van der Waals surface area contributed by atoms with Crippen molar-refractivity contribution in [2.45, 2.75) is 40.0 Å². The van der Waals surface area contributed by atoms with Gasteiger partial charge in [0.05, 0.1) is 12.2 Å². The van der Waals surface area contributed by atoms with Crippen LogP contribution in [0.15, 0.2) is 28.8 Å². The maximum atomic E-state index is 12.9. The molecular formula is C20H25N3O4. The van der Waals surface area contributed by atoms with Crippen LogP contribution in [0.1, 0.15) is 39.9 Å². The van der Waals surface area contributed by atoms with E-state index in [0.29, 0.717) is 31.0 Å². The molecule has 0 aliphatic carbocycles. The van der Waals surface area contributed by atoms with Crippen molar-refractivity contribution in [1.82, 2.24) is 15.0 Å². The number of piperazine rings is 1. The lowest BCUT2D eigenvalue weighted by molar-refractivity contribution is -0.140. The number of ether oxygens (including phenoxy) is 1. The molecule has 1 aliphatic heterocycles. The molecule has 1 fully saturated rings. The number of methoxy groups -OCH3 is 1. The molecule has 1 aromatic heterocycles. The van der Waals surface area contributed by atoms with Crippen molar-refractivity contribution in [3.05, 3.63) is 52.4 Å².